The fraction of sp³-hybridized carbons (Fsp3) is 0.909. The summed E-state index contributed by atoms with van der Waals surface area (Å²) >= 11 is 0. The summed E-state index contributed by atoms with van der Waals surface area (Å²) in [7, 11) is 0. The molecule has 1 aliphatic heterocycles. The second-order valence-corrected chi connectivity index (χ2v) is 5.31. The molecule has 1 saturated heterocycles. The van der Waals surface area contributed by atoms with Gasteiger partial charge in [0.15, 0.2) is 0 Å². The molecule has 1 fully saturated rings. The molecule has 0 aliphatic carbocycles. The normalized spacial score (nSPS) is 24.1. The van der Waals surface area contributed by atoms with Crippen molar-refractivity contribution in [3.8, 4) is 0 Å². The molecule has 3 heteroatoms. The second-order valence-electron chi connectivity index (χ2n) is 5.31. The van der Waals surface area contributed by atoms with Crippen molar-refractivity contribution in [3.63, 3.8) is 0 Å². The van der Waals surface area contributed by atoms with E-state index in [0.29, 0.717) is 5.41 Å². The van der Waals surface area contributed by atoms with Crippen molar-refractivity contribution in [1.82, 2.24) is 10.2 Å². The number of carbonyl (C=O) groups excluding carboxylic acids is 1. The van der Waals surface area contributed by atoms with Crippen LogP contribution in [0.3, 0.4) is 0 Å². The predicted molar refractivity (Wildman–Crippen MR) is 58.1 cm³/mol. The van der Waals surface area contributed by atoms with Crippen molar-refractivity contribution >= 4 is 5.91 Å². The summed E-state index contributed by atoms with van der Waals surface area (Å²) in [6.45, 7) is 11.3. The van der Waals surface area contributed by atoms with Crippen LogP contribution >= 0.6 is 0 Å². The summed E-state index contributed by atoms with van der Waals surface area (Å²) in [6.07, 6.45) is 1.07. The van der Waals surface area contributed by atoms with Crippen molar-refractivity contribution in [1.29, 1.82) is 0 Å². The molecule has 0 aromatic carbocycles. The van der Waals surface area contributed by atoms with Crippen LogP contribution in [0.5, 0.6) is 0 Å². The van der Waals surface area contributed by atoms with Crippen molar-refractivity contribution in [2.75, 3.05) is 19.6 Å². The van der Waals surface area contributed by atoms with Crippen molar-refractivity contribution in [3.05, 3.63) is 0 Å². The molecule has 0 bridgehead atoms. The topological polar surface area (TPSA) is 32.3 Å². The van der Waals surface area contributed by atoms with Crippen molar-refractivity contribution < 1.29 is 4.79 Å². The molecule has 1 aliphatic rings. The lowest BCUT2D eigenvalue weighted by Gasteiger charge is -2.33. The lowest BCUT2D eigenvalue weighted by Crippen LogP contribution is -2.54. The molecule has 0 aromatic heterocycles. The van der Waals surface area contributed by atoms with Gasteiger partial charge in [-0.05, 0) is 18.8 Å². The van der Waals surface area contributed by atoms with Crippen molar-refractivity contribution in [2.24, 2.45) is 5.41 Å². The fourth-order valence-corrected chi connectivity index (χ4v) is 1.58. The molecular formula is C11H22N2O. The summed E-state index contributed by atoms with van der Waals surface area (Å²) in [5, 5.41) is 3.17. The van der Waals surface area contributed by atoms with Gasteiger partial charge in [0.25, 0.3) is 0 Å². The number of hydrogen-bond donors (Lipinski definition) is 1. The SMILES string of the molecule is CC1NCCN(CCC(C)(C)C)C1=O. The maximum Gasteiger partial charge on any atom is 0.239 e. The number of nitrogens with one attached hydrogen (secondary N) is 1. The van der Waals surface area contributed by atoms with E-state index in [1.54, 1.807) is 0 Å². The Morgan fingerprint density at radius 2 is 2.14 bits per heavy atom. The summed E-state index contributed by atoms with van der Waals surface area (Å²) in [4.78, 5) is 13.7. The number of carbonyl (C=O) groups is 1. The van der Waals surface area contributed by atoms with Gasteiger partial charge in [0, 0.05) is 19.6 Å². The minimum Gasteiger partial charge on any atom is -0.340 e. The lowest BCUT2D eigenvalue weighted by molar-refractivity contribution is -0.135. The largest absolute Gasteiger partial charge is 0.340 e. The quantitative estimate of drug-likeness (QED) is 0.724. The van der Waals surface area contributed by atoms with Gasteiger partial charge in [0.05, 0.1) is 6.04 Å². The Bertz CT molecular complexity index is 208. The molecule has 0 radical (unpaired) electrons. The van der Waals surface area contributed by atoms with Crippen LogP contribution in [0.4, 0.5) is 0 Å². The van der Waals surface area contributed by atoms with E-state index < -0.39 is 0 Å². The first-order valence-corrected chi connectivity index (χ1v) is 5.42. The first-order valence-electron chi connectivity index (χ1n) is 5.42. The Hall–Kier alpha value is -0.570. The smallest absolute Gasteiger partial charge is 0.239 e. The maximum atomic E-state index is 11.7. The zero-order chi connectivity index (χ0) is 10.8. The van der Waals surface area contributed by atoms with Gasteiger partial charge in [-0.2, -0.15) is 0 Å². The average molecular weight is 198 g/mol. The van der Waals surface area contributed by atoms with E-state index in [-0.39, 0.29) is 11.9 Å². The summed E-state index contributed by atoms with van der Waals surface area (Å²) in [5.41, 5.74) is 0.314. The minimum absolute atomic E-state index is 0.00344. The van der Waals surface area contributed by atoms with Gasteiger partial charge in [-0.3, -0.25) is 4.79 Å². The number of hydrogen-bond acceptors (Lipinski definition) is 2. The minimum atomic E-state index is 0.00344. The zero-order valence-corrected chi connectivity index (χ0v) is 9.76. The zero-order valence-electron chi connectivity index (χ0n) is 9.76. The molecule has 3 nitrogen and oxygen atoms in total. The molecule has 1 heterocycles. The first-order chi connectivity index (χ1) is 6.40. The van der Waals surface area contributed by atoms with Gasteiger partial charge in [0.2, 0.25) is 5.91 Å². The molecule has 1 atom stereocenters. The number of nitrogens with zero attached hydrogens (tertiary/aromatic N) is 1. The molecule has 1 amide bonds. The number of rotatable bonds is 2. The van der Waals surface area contributed by atoms with E-state index in [4.69, 9.17) is 0 Å². The molecule has 0 aromatic rings. The van der Waals surface area contributed by atoms with E-state index in [2.05, 4.69) is 26.1 Å². The Morgan fingerprint density at radius 1 is 1.50 bits per heavy atom. The predicted octanol–water partition coefficient (Wildman–Crippen LogP) is 1.24. The molecule has 0 saturated carbocycles. The van der Waals surface area contributed by atoms with Gasteiger partial charge < -0.3 is 10.2 Å². The van der Waals surface area contributed by atoms with Crippen LogP contribution in [0.25, 0.3) is 0 Å². The van der Waals surface area contributed by atoms with Crippen LogP contribution in [-0.2, 0) is 4.79 Å². The van der Waals surface area contributed by atoms with Crippen LogP contribution < -0.4 is 5.32 Å². The lowest BCUT2D eigenvalue weighted by atomic mass is 9.92. The monoisotopic (exact) mass is 198 g/mol. The fourth-order valence-electron chi connectivity index (χ4n) is 1.58. The standard InChI is InChI=1S/C11H22N2O/c1-9-10(14)13(8-6-12-9)7-5-11(2,3)4/h9,12H,5-8H2,1-4H3. The van der Waals surface area contributed by atoms with E-state index >= 15 is 0 Å². The van der Waals surface area contributed by atoms with Gasteiger partial charge in [0.1, 0.15) is 0 Å². The highest BCUT2D eigenvalue weighted by molar-refractivity contribution is 5.82. The molecule has 0 spiro atoms. The van der Waals surface area contributed by atoms with Crippen LogP contribution in [0.1, 0.15) is 34.1 Å². The third kappa shape index (κ3) is 3.29. The third-order valence-electron chi connectivity index (χ3n) is 2.65. The summed E-state index contributed by atoms with van der Waals surface area (Å²) < 4.78 is 0. The number of amides is 1. The van der Waals surface area contributed by atoms with E-state index in [1.807, 2.05) is 11.8 Å². The van der Waals surface area contributed by atoms with Crippen LogP contribution in [0, 0.1) is 5.41 Å². The Labute approximate surface area is 86.9 Å². The van der Waals surface area contributed by atoms with Gasteiger partial charge in [-0.25, -0.2) is 0 Å². The first kappa shape index (κ1) is 11.5. The van der Waals surface area contributed by atoms with Crippen LogP contribution in [0.2, 0.25) is 0 Å². The Kier molecular flexibility index (Phi) is 3.53. The van der Waals surface area contributed by atoms with E-state index in [1.165, 1.54) is 0 Å². The maximum absolute atomic E-state index is 11.7. The Morgan fingerprint density at radius 3 is 2.71 bits per heavy atom. The second kappa shape index (κ2) is 4.30. The molecular weight excluding hydrogens is 176 g/mol. The highest BCUT2D eigenvalue weighted by Gasteiger charge is 2.25. The molecule has 82 valence electrons. The average Bonchev–Trinajstić information content (AvgIpc) is 2.06. The van der Waals surface area contributed by atoms with E-state index in [0.717, 1.165) is 26.1 Å². The van der Waals surface area contributed by atoms with Gasteiger partial charge in [-0.15, -0.1) is 0 Å². The molecule has 14 heavy (non-hydrogen) atoms. The summed E-state index contributed by atoms with van der Waals surface area (Å²) in [5.74, 6) is 0.250. The van der Waals surface area contributed by atoms with Gasteiger partial charge in [-0.1, -0.05) is 20.8 Å². The molecule has 1 N–H and O–H groups in total. The molecule has 1 rings (SSSR count). The van der Waals surface area contributed by atoms with Gasteiger partial charge >= 0.3 is 0 Å². The molecule has 1 unspecified atom stereocenters. The Balaban J connectivity index is 2.40. The highest BCUT2D eigenvalue weighted by Crippen LogP contribution is 2.19. The van der Waals surface area contributed by atoms with Crippen LogP contribution in [0.15, 0.2) is 0 Å². The third-order valence-corrected chi connectivity index (χ3v) is 2.65. The van der Waals surface area contributed by atoms with Crippen LogP contribution in [-0.4, -0.2) is 36.5 Å². The summed E-state index contributed by atoms with van der Waals surface area (Å²) in [6, 6.07) is 0.00344. The highest BCUT2D eigenvalue weighted by atomic mass is 16.2. The van der Waals surface area contributed by atoms with E-state index in [9.17, 15) is 4.79 Å². The number of piperazine rings is 1. The van der Waals surface area contributed by atoms with Crippen molar-refractivity contribution in [2.45, 2.75) is 40.2 Å².